The van der Waals surface area contributed by atoms with Crippen molar-refractivity contribution in [2.45, 2.75) is 45.8 Å². The van der Waals surface area contributed by atoms with Gasteiger partial charge in [0.2, 0.25) is 5.91 Å². The third-order valence-electron chi connectivity index (χ3n) is 7.07. The van der Waals surface area contributed by atoms with E-state index in [1.54, 1.807) is 20.4 Å². The van der Waals surface area contributed by atoms with Crippen LogP contribution >= 0.6 is 15.9 Å². The van der Waals surface area contributed by atoms with Gasteiger partial charge in [0.25, 0.3) is 0 Å². The number of rotatable bonds is 8. The van der Waals surface area contributed by atoms with E-state index < -0.39 is 0 Å². The largest absolute Gasteiger partial charge is 0.497 e. The van der Waals surface area contributed by atoms with Crippen LogP contribution in [0, 0.1) is 12.8 Å². The van der Waals surface area contributed by atoms with E-state index in [-0.39, 0.29) is 11.8 Å². The van der Waals surface area contributed by atoms with Crippen LogP contribution in [0.1, 0.15) is 36.5 Å². The zero-order valence-corrected chi connectivity index (χ0v) is 25.5. The van der Waals surface area contributed by atoms with Crippen molar-refractivity contribution in [2.24, 2.45) is 17.5 Å². The average molecular weight is 609 g/mol. The number of nitrogens with two attached hydrogens (primary N) is 2. The molecular formula is C32H42BrN5O2. The topological polar surface area (TPSA) is 88.1 Å². The number of likely N-dealkylation sites (tertiary alicyclic amines) is 1. The maximum absolute atomic E-state index is 14.0. The number of piperidine rings is 1. The number of anilines is 1. The summed E-state index contributed by atoms with van der Waals surface area (Å²) in [6.07, 6.45) is 4.67. The summed E-state index contributed by atoms with van der Waals surface area (Å²) in [4.78, 5) is 18.4. The number of carbonyl (C=O) groups is 1. The first-order valence-electron chi connectivity index (χ1n) is 13.6. The Bertz CT molecular complexity index is 1230. The second-order valence-corrected chi connectivity index (χ2v) is 11.1. The van der Waals surface area contributed by atoms with E-state index in [9.17, 15) is 4.79 Å². The standard InChI is InChI=1S/C29H33BrN2O2.C3H9N3/c1-21-9-14-27(30)28(17-21)32(20-24-10-12-26(34-3)13-11-24)29(33)25-15-16-31(22(2)18-25)19-23-7-5-4-6-8-23;1-6(5)3-2-4/h4-14,17,22,25H,15-16,18-20H2,1-3H3;2-3H,4-5H2,1H3/b;3-2-/t22-,25?;/m0./s1. The van der Waals surface area contributed by atoms with Crippen LogP contribution in [-0.4, -0.2) is 42.6 Å². The van der Waals surface area contributed by atoms with E-state index >= 15 is 0 Å². The van der Waals surface area contributed by atoms with Crippen molar-refractivity contribution in [1.29, 1.82) is 0 Å². The van der Waals surface area contributed by atoms with Gasteiger partial charge >= 0.3 is 0 Å². The third kappa shape index (κ3) is 9.11. The van der Waals surface area contributed by atoms with Crippen LogP contribution in [0.4, 0.5) is 5.69 Å². The van der Waals surface area contributed by atoms with Gasteiger partial charge in [-0.15, -0.1) is 0 Å². The number of carbonyl (C=O) groups excluding carboxylic acids is 1. The van der Waals surface area contributed by atoms with Crippen molar-refractivity contribution in [3.05, 3.63) is 106 Å². The summed E-state index contributed by atoms with van der Waals surface area (Å²) in [5.74, 6) is 6.10. The van der Waals surface area contributed by atoms with Gasteiger partial charge in [-0.25, -0.2) is 5.84 Å². The number of nitrogens with zero attached hydrogens (tertiary/aromatic N) is 3. The van der Waals surface area contributed by atoms with E-state index in [2.05, 4.69) is 77.1 Å². The van der Waals surface area contributed by atoms with Gasteiger partial charge in [-0.3, -0.25) is 9.69 Å². The van der Waals surface area contributed by atoms with Crippen molar-refractivity contribution in [2.75, 3.05) is 25.6 Å². The fraction of sp³-hybridized carbons (Fsp3) is 0.344. The molecule has 4 rings (SSSR count). The molecule has 0 aliphatic carbocycles. The lowest BCUT2D eigenvalue weighted by Crippen LogP contribution is -2.46. The molecule has 214 valence electrons. The molecule has 8 heteroatoms. The monoisotopic (exact) mass is 607 g/mol. The number of halogens is 1. The Labute approximate surface area is 247 Å². The lowest BCUT2D eigenvalue weighted by Gasteiger charge is -2.39. The molecule has 7 nitrogen and oxygen atoms in total. The quantitative estimate of drug-likeness (QED) is 0.248. The minimum absolute atomic E-state index is 0.00711. The number of methoxy groups -OCH3 is 1. The van der Waals surface area contributed by atoms with Gasteiger partial charge in [0, 0.05) is 42.4 Å². The smallest absolute Gasteiger partial charge is 0.230 e. The zero-order valence-electron chi connectivity index (χ0n) is 24.0. The molecule has 4 N–H and O–H groups in total. The molecule has 1 unspecified atom stereocenters. The van der Waals surface area contributed by atoms with E-state index in [0.717, 1.165) is 53.0 Å². The Morgan fingerprint density at radius 3 is 2.38 bits per heavy atom. The molecule has 0 spiro atoms. The number of hydrazine groups is 1. The highest BCUT2D eigenvalue weighted by Crippen LogP contribution is 2.33. The highest BCUT2D eigenvalue weighted by Gasteiger charge is 2.33. The fourth-order valence-electron chi connectivity index (χ4n) is 4.88. The number of amides is 1. The van der Waals surface area contributed by atoms with Crippen LogP contribution < -0.4 is 21.2 Å². The SMILES string of the molecule is CN(N)/C=C\N.COc1ccc(CN(C(=O)C2CCN(Cc3ccccc3)[C@@H](C)C2)c2cc(C)ccc2Br)cc1. The molecule has 0 saturated carbocycles. The second kappa shape index (κ2) is 15.5. The summed E-state index contributed by atoms with van der Waals surface area (Å²) in [7, 11) is 3.36. The number of ether oxygens (including phenoxy) is 1. The second-order valence-electron chi connectivity index (χ2n) is 10.3. The maximum atomic E-state index is 14.0. The summed E-state index contributed by atoms with van der Waals surface area (Å²) in [5, 5.41) is 1.38. The van der Waals surface area contributed by atoms with Crippen molar-refractivity contribution in [3.63, 3.8) is 0 Å². The van der Waals surface area contributed by atoms with Crippen molar-refractivity contribution in [1.82, 2.24) is 9.91 Å². The van der Waals surface area contributed by atoms with Crippen LogP contribution in [-0.2, 0) is 17.9 Å². The Morgan fingerprint density at radius 2 is 1.80 bits per heavy atom. The molecule has 1 aliphatic rings. The number of benzene rings is 3. The highest BCUT2D eigenvalue weighted by molar-refractivity contribution is 9.10. The van der Waals surface area contributed by atoms with Crippen LogP contribution in [0.2, 0.25) is 0 Å². The third-order valence-corrected chi connectivity index (χ3v) is 7.74. The molecule has 1 saturated heterocycles. The van der Waals surface area contributed by atoms with Crippen LogP contribution in [0.5, 0.6) is 5.75 Å². The minimum atomic E-state index is 0.00711. The molecule has 1 aliphatic heterocycles. The van der Waals surface area contributed by atoms with E-state index in [1.165, 1.54) is 16.8 Å². The first-order chi connectivity index (χ1) is 19.2. The molecular weight excluding hydrogens is 566 g/mol. The molecule has 1 heterocycles. The molecule has 0 bridgehead atoms. The number of hydrogen-bond acceptors (Lipinski definition) is 6. The molecule has 40 heavy (non-hydrogen) atoms. The van der Waals surface area contributed by atoms with Gasteiger partial charge < -0.3 is 20.4 Å². The van der Waals surface area contributed by atoms with Gasteiger partial charge in [-0.05, 0) is 90.1 Å². The van der Waals surface area contributed by atoms with E-state index in [4.69, 9.17) is 16.3 Å². The first kappa shape index (κ1) is 31.2. The molecule has 0 radical (unpaired) electrons. The first-order valence-corrected chi connectivity index (χ1v) is 14.4. The number of aryl methyl sites for hydroxylation is 1. The summed E-state index contributed by atoms with van der Waals surface area (Å²) in [6, 6.07) is 25.1. The Kier molecular flexibility index (Phi) is 12.1. The van der Waals surface area contributed by atoms with Crippen molar-refractivity contribution < 1.29 is 9.53 Å². The summed E-state index contributed by atoms with van der Waals surface area (Å²) in [5.41, 5.74) is 9.40. The molecule has 1 fully saturated rings. The van der Waals surface area contributed by atoms with Crippen molar-refractivity contribution in [3.8, 4) is 5.75 Å². The van der Waals surface area contributed by atoms with E-state index in [0.29, 0.717) is 12.6 Å². The van der Waals surface area contributed by atoms with Gasteiger partial charge in [-0.2, -0.15) is 0 Å². The lowest BCUT2D eigenvalue weighted by molar-refractivity contribution is -0.124. The van der Waals surface area contributed by atoms with Crippen LogP contribution in [0.3, 0.4) is 0 Å². The lowest BCUT2D eigenvalue weighted by atomic mass is 9.89. The maximum Gasteiger partial charge on any atom is 0.230 e. The Morgan fingerprint density at radius 1 is 1.10 bits per heavy atom. The fourth-order valence-corrected chi connectivity index (χ4v) is 5.34. The highest BCUT2D eigenvalue weighted by atomic mass is 79.9. The summed E-state index contributed by atoms with van der Waals surface area (Å²) >= 11 is 3.70. The molecule has 2 atom stereocenters. The van der Waals surface area contributed by atoms with E-state index in [1.807, 2.05) is 35.2 Å². The van der Waals surface area contributed by atoms with Gasteiger partial charge in [0.05, 0.1) is 19.3 Å². The number of hydrogen-bond donors (Lipinski definition) is 2. The molecule has 3 aromatic rings. The van der Waals surface area contributed by atoms with Crippen molar-refractivity contribution >= 4 is 27.5 Å². The summed E-state index contributed by atoms with van der Waals surface area (Å²) < 4.78 is 6.25. The summed E-state index contributed by atoms with van der Waals surface area (Å²) in [6.45, 7) is 6.71. The predicted molar refractivity (Wildman–Crippen MR) is 167 cm³/mol. The van der Waals surface area contributed by atoms with Crippen LogP contribution in [0.15, 0.2) is 89.7 Å². The molecule has 3 aromatic carbocycles. The van der Waals surface area contributed by atoms with Gasteiger partial charge in [0.1, 0.15) is 5.75 Å². The Hall–Kier alpha value is -3.33. The van der Waals surface area contributed by atoms with Crippen LogP contribution in [0.25, 0.3) is 0 Å². The zero-order chi connectivity index (χ0) is 29.1. The predicted octanol–water partition coefficient (Wildman–Crippen LogP) is 5.82. The Balaban J connectivity index is 0.000000663. The minimum Gasteiger partial charge on any atom is -0.497 e. The van der Waals surface area contributed by atoms with Gasteiger partial charge in [-0.1, -0.05) is 48.5 Å². The molecule has 1 amide bonds. The molecule has 0 aromatic heterocycles. The normalized spacial score (nSPS) is 17.1. The average Bonchev–Trinajstić information content (AvgIpc) is 2.95. The van der Waals surface area contributed by atoms with Gasteiger partial charge in [0.15, 0.2) is 0 Å².